The van der Waals surface area contributed by atoms with E-state index in [4.69, 9.17) is 21.7 Å². The van der Waals surface area contributed by atoms with E-state index in [-0.39, 0.29) is 16.9 Å². The summed E-state index contributed by atoms with van der Waals surface area (Å²) in [5, 5.41) is 16.3. The molecule has 1 amide bonds. The van der Waals surface area contributed by atoms with Crippen LogP contribution in [-0.4, -0.2) is 35.3 Å². The highest BCUT2D eigenvalue weighted by atomic mass is 32.1. The van der Waals surface area contributed by atoms with E-state index in [1.54, 1.807) is 24.3 Å². The first kappa shape index (κ1) is 21.4. The molecular formula is C21H21N3O5S. The number of amides is 1. The molecule has 1 heterocycles. The van der Waals surface area contributed by atoms with Gasteiger partial charge in [-0.1, -0.05) is 12.1 Å². The molecule has 9 heteroatoms. The van der Waals surface area contributed by atoms with E-state index in [1.165, 1.54) is 18.2 Å². The number of non-ortho nitro benzene ring substituents is 1. The fourth-order valence-corrected chi connectivity index (χ4v) is 3.05. The average Bonchev–Trinajstić information content (AvgIpc) is 3.25. The van der Waals surface area contributed by atoms with Crippen LogP contribution in [0.3, 0.4) is 0 Å². The van der Waals surface area contributed by atoms with Crippen LogP contribution in [0.1, 0.15) is 18.4 Å². The number of thiocarbonyl (C=S) groups is 1. The van der Waals surface area contributed by atoms with Crippen LogP contribution in [0.4, 0.5) is 11.4 Å². The minimum Gasteiger partial charge on any atom is -0.489 e. The Kier molecular flexibility index (Phi) is 7.47. The molecule has 0 spiro atoms. The Morgan fingerprint density at radius 1 is 1.27 bits per heavy atom. The van der Waals surface area contributed by atoms with Crippen molar-refractivity contribution in [3.8, 4) is 5.75 Å². The van der Waals surface area contributed by atoms with Crippen LogP contribution < -0.4 is 15.4 Å². The van der Waals surface area contributed by atoms with Crippen molar-refractivity contribution in [2.75, 3.05) is 18.5 Å². The third-order valence-corrected chi connectivity index (χ3v) is 4.56. The Morgan fingerprint density at radius 2 is 2.03 bits per heavy atom. The van der Waals surface area contributed by atoms with Gasteiger partial charge in [0.2, 0.25) is 5.91 Å². The number of para-hydroxylation sites is 2. The number of anilines is 1. The second-order valence-corrected chi connectivity index (χ2v) is 6.98. The number of hydrogen-bond donors (Lipinski definition) is 2. The lowest BCUT2D eigenvalue weighted by Crippen LogP contribution is -2.33. The molecule has 1 unspecified atom stereocenters. The lowest BCUT2D eigenvalue weighted by molar-refractivity contribution is -0.384. The number of benzene rings is 2. The monoisotopic (exact) mass is 427 g/mol. The second-order valence-electron chi connectivity index (χ2n) is 6.57. The summed E-state index contributed by atoms with van der Waals surface area (Å²) in [5.74, 6) is 0.189. The number of nitro benzene ring substituents is 1. The summed E-state index contributed by atoms with van der Waals surface area (Å²) in [6, 6.07) is 13.2. The molecule has 2 aromatic rings. The molecule has 1 atom stereocenters. The standard InChI is InChI=1S/C21H21N3O5S/c25-20(12-9-15-7-10-16(11-8-15)24(26)27)23-21(30)22-18-5-1-2-6-19(18)29-14-17-4-3-13-28-17/h1-2,5-12,17H,3-4,13-14H2,(H2,22,23,25,30)/b12-9+. The molecule has 3 rings (SSSR count). The van der Waals surface area contributed by atoms with Crippen LogP contribution in [0.25, 0.3) is 6.08 Å². The summed E-state index contributed by atoms with van der Waals surface area (Å²) >= 11 is 5.21. The topological polar surface area (TPSA) is 103 Å². The zero-order chi connectivity index (χ0) is 21.3. The zero-order valence-corrected chi connectivity index (χ0v) is 16.9. The lowest BCUT2D eigenvalue weighted by atomic mass is 10.2. The van der Waals surface area contributed by atoms with Gasteiger partial charge in [0.25, 0.3) is 5.69 Å². The Bertz CT molecular complexity index is 940. The molecule has 0 radical (unpaired) electrons. The van der Waals surface area contributed by atoms with E-state index < -0.39 is 10.8 Å². The van der Waals surface area contributed by atoms with Gasteiger partial charge in [0.05, 0.1) is 16.7 Å². The van der Waals surface area contributed by atoms with Crippen molar-refractivity contribution in [3.63, 3.8) is 0 Å². The number of carbonyl (C=O) groups excluding carboxylic acids is 1. The molecule has 1 aliphatic heterocycles. The lowest BCUT2D eigenvalue weighted by Gasteiger charge is -2.16. The molecule has 8 nitrogen and oxygen atoms in total. The van der Waals surface area contributed by atoms with Gasteiger partial charge in [-0.15, -0.1) is 0 Å². The van der Waals surface area contributed by atoms with Gasteiger partial charge in [-0.2, -0.15) is 0 Å². The van der Waals surface area contributed by atoms with E-state index in [1.807, 2.05) is 18.2 Å². The third kappa shape index (κ3) is 6.36. The molecule has 0 aliphatic carbocycles. The van der Waals surface area contributed by atoms with Crippen molar-refractivity contribution in [1.82, 2.24) is 5.32 Å². The van der Waals surface area contributed by atoms with E-state index in [2.05, 4.69) is 10.6 Å². The fourth-order valence-electron chi connectivity index (χ4n) is 2.84. The van der Waals surface area contributed by atoms with Crippen LogP contribution in [0.5, 0.6) is 5.75 Å². The van der Waals surface area contributed by atoms with Crippen LogP contribution in [-0.2, 0) is 9.53 Å². The summed E-state index contributed by atoms with van der Waals surface area (Å²) in [6.07, 6.45) is 4.95. The smallest absolute Gasteiger partial charge is 0.269 e. The molecule has 0 bridgehead atoms. The number of hydrogen-bond acceptors (Lipinski definition) is 6. The summed E-state index contributed by atoms with van der Waals surface area (Å²) in [4.78, 5) is 22.3. The number of nitrogens with zero attached hydrogens (tertiary/aromatic N) is 1. The molecule has 30 heavy (non-hydrogen) atoms. The van der Waals surface area contributed by atoms with E-state index in [0.717, 1.165) is 19.4 Å². The van der Waals surface area contributed by atoms with Gasteiger partial charge in [0, 0.05) is 24.8 Å². The summed E-state index contributed by atoms with van der Waals surface area (Å²) in [7, 11) is 0. The van der Waals surface area contributed by atoms with E-state index >= 15 is 0 Å². The van der Waals surface area contributed by atoms with Crippen molar-refractivity contribution in [2.24, 2.45) is 0 Å². The van der Waals surface area contributed by atoms with Gasteiger partial charge in [0.15, 0.2) is 5.11 Å². The quantitative estimate of drug-likeness (QED) is 0.301. The number of rotatable bonds is 7. The minimum absolute atomic E-state index is 0.0117. The molecule has 2 N–H and O–H groups in total. The molecule has 1 aliphatic rings. The van der Waals surface area contributed by atoms with Crippen LogP contribution in [0.2, 0.25) is 0 Å². The number of nitro groups is 1. The van der Waals surface area contributed by atoms with E-state index in [0.29, 0.717) is 23.6 Å². The highest BCUT2D eigenvalue weighted by molar-refractivity contribution is 7.80. The first-order valence-electron chi connectivity index (χ1n) is 9.39. The normalized spacial score (nSPS) is 15.7. The third-order valence-electron chi connectivity index (χ3n) is 4.35. The van der Waals surface area contributed by atoms with Crippen molar-refractivity contribution in [3.05, 3.63) is 70.3 Å². The minimum atomic E-state index is -0.480. The molecule has 1 saturated heterocycles. The van der Waals surface area contributed by atoms with Crippen molar-refractivity contribution in [1.29, 1.82) is 0 Å². The maximum Gasteiger partial charge on any atom is 0.269 e. The Hall–Kier alpha value is -3.30. The zero-order valence-electron chi connectivity index (χ0n) is 16.1. The van der Waals surface area contributed by atoms with Gasteiger partial charge in [-0.25, -0.2) is 0 Å². The average molecular weight is 427 g/mol. The van der Waals surface area contributed by atoms with Crippen LogP contribution >= 0.6 is 12.2 Å². The maximum atomic E-state index is 12.1. The van der Waals surface area contributed by atoms with Crippen LogP contribution in [0.15, 0.2) is 54.6 Å². The first-order valence-corrected chi connectivity index (χ1v) is 9.80. The van der Waals surface area contributed by atoms with Crippen molar-refractivity contribution < 1.29 is 19.2 Å². The highest BCUT2D eigenvalue weighted by Crippen LogP contribution is 2.25. The molecule has 1 fully saturated rings. The van der Waals surface area contributed by atoms with Gasteiger partial charge < -0.3 is 14.8 Å². The Balaban J connectivity index is 1.52. The molecule has 2 aromatic carbocycles. The highest BCUT2D eigenvalue weighted by Gasteiger charge is 2.17. The van der Waals surface area contributed by atoms with E-state index in [9.17, 15) is 14.9 Å². The van der Waals surface area contributed by atoms with Gasteiger partial charge in [-0.3, -0.25) is 20.2 Å². The molecular weight excluding hydrogens is 406 g/mol. The SMILES string of the molecule is O=C(/C=C/c1ccc([N+](=O)[O-])cc1)NC(=S)Nc1ccccc1OCC1CCCO1. The molecule has 156 valence electrons. The largest absolute Gasteiger partial charge is 0.489 e. The number of ether oxygens (including phenoxy) is 2. The maximum absolute atomic E-state index is 12.1. The number of nitrogens with one attached hydrogen (secondary N) is 2. The fraction of sp³-hybridized carbons (Fsp3) is 0.238. The summed E-state index contributed by atoms with van der Waals surface area (Å²) in [5.41, 5.74) is 1.28. The number of carbonyl (C=O) groups is 1. The summed E-state index contributed by atoms with van der Waals surface area (Å²) < 4.78 is 11.4. The molecule has 0 saturated carbocycles. The Labute approximate surface area is 179 Å². The van der Waals surface area contributed by atoms with Crippen molar-refractivity contribution in [2.45, 2.75) is 18.9 Å². The Morgan fingerprint density at radius 3 is 2.73 bits per heavy atom. The molecule has 0 aromatic heterocycles. The summed E-state index contributed by atoms with van der Waals surface area (Å²) in [6.45, 7) is 1.22. The van der Waals surface area contributed by atoms with Crippen LogP contribution in [0, 0.1) is 10.1 Å². The van der Waals surface area contributed by atoms with Gasteiger partial charge in [0.1, 0.15) is 12.4 Å². The predicted molar refractivity (Wildman–Crippen MR) is 117 cm³/mol. The predicted octanol–water partition coefficient (Wildman–Crippen LogP) is 3.68. The van der Waals surface area contributed by atoms with Gasteiger partial charge >= 0.3 is 0 Å². The second kappa shape index (κ2) is 10.5. The van der Waals surface area contributed by atoms with Crippen molar-refractivity contribution >= 4 is 40.7 Å². The van der Waals surface area contributed by atoms with Gasteiger partial charge in [-0.05, 0) is 61.0 Å². The first-order chi connectivity index (χ1) is 14.5.